The van der Waals surface area contributed by atoms with Gasteiger partial charge in [0.05, 0.1) is 9.50 Å². The highest BCUT2D eigenvalue weighted by molar-refractivity contribution is 9.10. The van der Waals surface area contributed by atoms with Crippen molar-refractivity contribution < 1.29 is 22.7 Å². The molecule has 0 amide bonds. The van der Waals surface area contributed by atoms with E-state index in [4.69, 9.17) is 11.6 Å². The first-order chi connectivity index (χ1) is 9.12. The van der Waals surface area contributed by atoms with Gasteiger partial charge in [0.2, 0.25) is 0 Å². The molecular weight excluding hydrogens is 367 g/mol. The average molecular weight is 374 g/mol. The molecule has 0 fully saturated rings. The second-order valence-electron chi connectivity index (χ2n) is 3.92. The van der Waals surface area contributed by atoms with E-state index in [9.17, 15) is 22.7 Å². The second-order valence-corrected chi connectivity index (χ2v) is 5.15. The summed E-state index contributed by atoms with van der Waals surface area (Å²) in [6.45, 7) is 0. The number of hydrogen-bond acceptors (Lipinski definition) is 2. The van der Waals surface area contributed by atoms with Crippen LogP contribution in [0.3, 0.4) is 0 Å². The number of benzene rings is 1. The predicted molar refractivity (Wildman–Crippen MR) is 68.0 cm³/mol. The number of nitrogens with zero attached hydrogens (tertiary/aromatic N) is 2. The average Bonchev–Trinajstić information content (AvgIpc) is 2.58. The maximum absolute atomic E-state index is 13.8. The van der Waals surface area contributed by atoms with Crippen LogP contribution in [-0.4, -0.2) is 14.9 Å². The van der Waals surface area contributed by atoms with Crippen LogP contribution >= 0.6 is 27.5 Å². The molecule has 0 bridgehead atoms. The molecule has 108 valence electrons. The first-order valence-corrected chi connectivity index (χ1v) is 6.28. The first kappa shape index (κ1) is 15.1. The van der Waals surface area contributed by atoms with Crippen LogP contribution in [0.15, 0.2) is 16.6 Å². The molecule has 2 aromatic rings. The summed E-state index contributed by atoms with van der Waals surface area (Å²) in [6.07, 6.45) is -4.72. The van der Waals surface area contributed by atoms with Crippen LogP contribution in [0.4, 0.5) is 17.6 Å². The summed E-state index contributed by atoms with van der Waals surface area (Å²) in [5, 5.41) is 12.4. The Morgan fingerprint density at radius 1 is 1.35 bits per heavy atom. The number of aromatic nitrogens is 2. The summed E-state index contributed by atoms with van der Waals surface area (Å²) < 4.78 is 52.8. The molecule has 0 spiro atoms. The normalized spacial score (nSPS) is 11.9. The van der Waals surface area contributed by atoms with Gasteiger partial charge in [0, 0.05) is 12.6 Å². The smallest absolute Gasteiger partial charge is 0.434 e. The van der Waals surface area contributed by atoms with E-state index in [1.807, 2.05) is 0 Å². The summed E-state index contributed by atoms with van der Waals surface area (Å²) >= 11 is 8.54. The van der Waals surface area contributed by atoms with Crippen molar-refractivity contribution in [1.29, 1.82) is 0 Å². The van der Waals surface area contributed by atoms with Gasteiger partial charge in [-0.1, -0.05) is 11.6 Å². The molecule has 3 nitrogen and oxygen atoms in total. The zero-order valence-corrected chi connectivity index (χ0v) is 12.1. The van der Waals surface area contributed by atoms with Gasteiger partial charge in [0.25, 0.3) is 0 Å². The molecule has 9 heteroatoms. The summed E-state index contributed by atoms with van der Waals surface area (Å²) in [4.78, 5) is 0. The zero-order valence-electron chi connectivity index (χ0n) is 9.76. The molecule has 1 aromatic heterocycles. The molecule has 1 aromatic carbocycles. The van der Waals surface area contributed by atoms with E-state index in [0.29, 0.717) is 4.68 Å². The van der Waals surface area contributed by atoms with E-state index < -0.39 is 22.7 Å². The Morgan fingerprint density at radius 2 is 1.95 bits per heavy atom. The van der Waals surface area contributed by atoms with Gasteiger partial charge in [0.1, 0.15) is 17.3 Å². The molecule has 2 rings (SSSR count). The molecule has 0 saturated heterocycles. The van der Waals surface area contributed by atoms with E-state index >= 15 is 0 Å². The maximum atomic E-state index is 13.8. The van der Waals surface area contributed by atoms with Crippen molar-refractivity contribution in [3.8, 4) is 17.0 Å². The van der Waals surface area contributed by atoms with Crippen LogP contribution in [0.2, 0.25) is 5.02 Å². The summed E-state index contributed by atoms with van der Waals surface area (Å²) in [7, 11) is 1.05. The SMILES string of the molecule is Cn1nc(-c2cc(O)c(Br)cc2F)c(Cl)c1C(F)(F)F. The van der Waals surface area contributed by atoms with Gasteiger partial charge < -0.3 is 5.11 Å². The molecule has 0 saturated carbocycles. The Morgan fingerprint density at radius 3 is 2.45 bits per heavy atom. The molecule has 0 radical (unpaired) electrons. The van der Waals surface area contributed by atoms with E-state index in [1.165, 1.54) is 0 Å². The van der Waals surface area contributed by atoms with Crippen molar-refractivity contribution in [3.63, 3.8) is 0 Å². The van der Waals surface area contributed by atoms with Crippen LogP contribution in [-0.2, 0) is 13.2 Å². The van der Waals surface area contributed by atoms with Crippen molar-refractivity contribution in [2.75, 3.05) is 0 Å². The topological polar surface area (TPSA) is 38.0 Å². The number of aromatic hydroxyl groups is 1. The molecule has 20 heavy (non-hydrogen) atoms. The van der Waals surface area contributed by atoms with Crippen LogP contribution in [0, 0.1) is 5.82 Å². The Hall–Kier alpha value is -1.28. The van der Waals surface area contributed by atoms with E-state index in [1.54, 1.807) is 0 Å². The standard InChI is InChI=1S/C11H6BrClF4N2O/c1-19-10(11(15,16)17)8(13)9(18-19)4-2-7(20)5(12)3-6(4)14/h2-3,20H,1H3. The third-order valence-corrected chi connectivity index (χ3v) is 3.54. The molecule has 0 unspecified atom stereocenters. The number of halogens is 6. The van der Waals surface area contributed by atoms with E-state index in [2.05, 4.69) is 21.0 Å². The molecule has 0 aliphatic rings. The van der Waals surface area contributed by atoms with Crippen LogP contribution in [0.25, 0.3) is 11.3 Å². The molecule has 0 atom stereocenters. The summed E-state index contributed by atoms with van der Waals surface area (Å²) in [5.74, 6) is -1.19. The second kappa shape index (κ2) is 4.92. The molecular formula is C11H6BrClF4N2O. The van der Waals surface area contributed by atoms with Crippen molar-refractivity contribution >= 4 is 27.5 Å². The summed E-state index contributed by atoms with van der Waals surface area (Å²) in [5.41, 5.74) is -1.89. The highest BCUT2D eigenvalue weighted by atomic mass is 79.9. The number of rotatable bonds is 1. The first-order valence-electron chi connectivity index (χ1n) is 5.11. The van der Waals surface area contributed by atoms with Gasteiger partial charge in [-0.15, -0.1) is 0 Å². The lowest BCUT2D eigenvalue weighted by Gasteiger charge is -2.06. The monoisotopic (exact) mass is 372 g/mol. The Kier molecular flexibility index (Phi) is 3.72. The minimum atomic E-state index is -4.72. The zero-order chi connectivity index (χ0) is 15.2. The van der Waals surface area contributed by atoms with Crippen molar-refractivity contribution in [2.45, 2.75) is 6.18 Å². The van der Waals surface area contributed by atoms with Gasteiger partial charge in [0.15, 0.2) is 5.69 Å². The Labute approximate surface area is 123 Å². The van der Waals surface area contributed by atoms with Crippen molar-refractivity contribution in [1.82, 2.24) is 9.78 Å². The van der Waals surface area contributed by atoms with Gasteiger partial charge in [-0.3, -0.25) is 4.68 Å². The fraction of sp³-hybridized carbons (Fsp3) is 0.182. The van der Waals surface area contributed by atoms with Gasteiger partial charge in [-0.2, -0.15) is 18.3 Å². The minimum absolute atomic E-state index is 0.0712. The van der Waals surface area contributed by atoms with Gasteiger partial charge in [-0.05, 0) is 28.1 Å². The Balaban J connectivity index is 2.70. The maximum Gasteiger partial charge on any atom is 0.434 e. The van der Waals surface area contributed by atoms with Crippen LogP contribution < -0.4 is 0 Å². The van der Waals surface area contributed by atoms with Crippen LogP contribution in [0.1, 0.15) is 5.69 Å². The quantitative estimate of drug-likeness (QED) is 0.754. The van der Waals surface area contributed by atoms with Crippen molar-refractivity contribution in [2.24, 2.45) is 7.05 Å². The number of aryl methyl sites for hydroxylation is 1. The number of hydrogen-bond donors (Lipinski definition) is 1. The lowest BCUT2D eigenvalue weighted by Crippen LogP contribution is -2.12. The van der Waals surface area contributed by atoms with Gasteiger partial charge >= 0.3 is 6.18 Å². The highest BCUT2D eigenvalue weighted by Crippen LogP contribution is 2.41. The molecule has 1 heterocycles. The largest absolute Gasteiger partial charge is 0.507 e. The Bertz CT molecular complexity index is 684. The van der Waals surface area contributed by atoms with Crippen molar-refractivity contribution in [3.05, 3.63) is 33.1 Å². The van der Waals surface area contributed by atoms with E-state index in [-0.39, 0.29) is 21.5 Å². The number of alkyl halides is 3. The number of phenols is 1. The van der Waals surface area contributed by atoms with Crippen LogP contribution in [0.5, 0.6) is 5.75 Å². The van der Waals surface area contributed by atoms with Gasteiger partial charge in [-0.25, -0.2) is 4.39 Å². The fourth-order valence-corrected chi connectivity index (χ4v) is 2.38. The third kappa shape index (κ3) is 2.49. The third-order valence-electron chi connectivity index (χ3n) is 2.55. The molecule has 1 N–H and O–H groups in total. The lowest BCUT2D eigenvalue weighted by molar-refractivity contribution is -0.143. The summed E-state index contributed by atoms with van der Waals surface area (Å²) in [6, 6.07) is 1.87. The number of phenolic OH excluding ortho intramolecular Hbond substituents is 1. The molecule has 0 aliphatic carbocycles. The minimum Gasteiger partial charge on any atom is -0.507 e. The highest BCUT2D eigenvalue weighted by Gasteiger charge is 2.39. The lowest BCUT2D eigenvalue weighted by atomic mass is 10.1. The van der Waals surface area contributed by atoms with E-state index in [0.717, 1.165) is 19.2 Å². The fourth-order valence-electron chi connectivity index (χ4n) is 1.70. The predicted octanol–water partition coefficient (Wildman–Crippen LogP) is 4.37. The molecule has 0 aliphatic heterocycles.